The van der Waals surface area contributed by atoms with Crippen LogP contribution in [0.4, 0.5) is 0 Å². The largest absolute Gasteiger partial charge is 0.299 e. The average Bonchev–Trinajstić information content (AvgIpc) is 2.85. The van der Waals surface area contributed by atoms with Gasteiger partial charge in [-0.3, -0.25) is 4.79 Å². The molecular weight excluding hydrogens is 220 g/mol. The van der Waals surface area contributed by atoms with Crippen molar-refractivity contribution in [3.8, 4) is 0 Å². The number of benzene rings is 1. The van der Waals surface area contributed by atoms with E-state index >= 15 is 0 Å². The Morgan fingerprint density at radius 2 is 1.83 bits per heavy atom. The number of ketones is 1. The van der Waals surface area contributed by atoms with Crippen molar-refractivity contribution < 1.29 is 4.79 Å². The summed E-state index contributed by atoms with van der Waals surface area (Å²) < 4.78 is 0. The van der Waals surface area contributed by atoms with Crippen LogP contribution in [0.2, 0.25) is 0 Å². The molecule has 1 aromatic carbocycles. The molecule has 0 fully saturated rings. The molecule has 1 aromatic rings. The fourth-order valence-electron chi connectivity index (χ4n) is 3.67. The van der Waals surface area contributed by atoms with Crippen LogP contribution in [-0.2, 0) is 11.2 Å². The molecule has 0 bridgehead atoms. The zero-order valence-electron chi connectivity index (χ0n) is 11.0. The molecule has 0 heterocycles. The van der Waals surface area contributed by atoms with E-state index in [2.05, 4.69) is 31.2 Å². The van der Waals surface area contributed by atoms with Crippen molar-refractivity contribution in [1.82, 2.24) is 0 Å². The Morgan fingerprint density at radius 3 is 2.61 bits per heavy atom. The van der Waals surface area contributed by atoms with Crippen LogP contribution in [0.15, 0.2) is 41.5 Å². The molecule has 0 saturated carbocycles. The van der Waals surface area contributed by atoms with Gasteiger partial charge in [0.05, 0.1) is 5.41 Å². The topological polar surface area (TPSA) is 17.1 Å². The second-order valence-electron chi connectivity index (χ2n) is 5.85. The number of carbonyl (C=O) groups excluding carboxylic acids is 1. The predicted octanol–water partition coefficient (Wildman–Crippen LogP) is 4.08. The Bertz CT molecular complexity index is 498. The fraction of sp³-hybridized carbons (Fsp3) is 0.471. The van der Waals surface area contributed by atoms with Gasteiger partial charge in [-0.15, -0.1) is 0 Å². The summed E-state index contributed by atoms with van der Waals surface area (Å²) in [5, 5.41) is 0. The number of carbonyl (C=O) groups is 1. The lowest BCUT2D eigenvalue weighted by molar-refractivity contribution is -0.126. The van der Waals surface area contributed by atoms with Gasteiger partial charge in [-0.2, -0.15) is 0 Å². The average molecular weight is 240 g/mol. The molecule has 1 atom stereocenters. The van der Waals surface area contributed by atoms with Gasteiger partial charge < -0.3 is 0 Å². The van der Waals surface area contributed by atoms with Gasteiger partial charge in [0.1, 0.15) is 5.78 Å². The van der Waals surface area contributed by atoms with Gasteiger partial charge in [0.25, 0.3) is 0 Å². The van der Waals surface area contributed by atoms with Crippen molar-refractivity contribution in [2.24, 2.45) is 5.41 Å². The molecule has 1 unspecified atom stereocenters. The molecule has 0 amide bonds. The highest BCUT2D eigenvalue weighted by molar-refractivity contribution is 5.89. The molecule has 0 saturated heterocycles. The SMILES string of the molecule is CC1(Cc2ccccc2)C(=O)CCC2=C1CCC2. The highest BCUT2D eigenvalue weighted by atomic mass is 16.1. The normalized spacial score (nSPS) is 27.5. The van der Waals surface area contributed by atoms with E-state index < -0.39 is 0 Å². The molecule has 0 radical (unpaired) electrons. The van der Waals surface area contributed by atoms with Gasteiger partial charge in [-0.25, -0.2) is 0 Å². The molecule has 2 aliphatic carbocycles. The van der Waals surface area contributed by atoms with Gasteiger partial charge in [0, 0.05) is 6.42 Å². The first-order chi connectivity index (χ1) is 8.70. The second kappa shape index (κ2) is 4.38. The third-order valence-electron chi connectivity index (χ3n) is 4.67. The molecule has 1 heteroatoms. The lowest BCUT2D eigenvalue weighted by atomic mass is 9.67. The van der Waals surface area contributed by atoms with Crippen LogP contribution in [-0.4, -0.2) is 5.78 Å². The smallest absolute Gasteiger partial charge is 0.143 e. The number of hydrogen-bond donors (Lipinski definition) is 0. The van der Waals surface area contributed by atoms with Crippen molar-refractivity contribution in [2.75, 3.05) is 0 Å². The molecule has 0 N–H and O–H groups in total. The van der Waals surface area contributed by atoms with Crippen LogP contribution in [0.5, 0.6) is 0 Å². The third kappa shape index (κ3) is 1.82. The van der Waals surface area contributed by atoms with E-state index in [1.165, 1.54) is 24.0 Å². The summed E-state index contributed by atoms with van der Waals surface area (Å²) >= 11 is 0. The summed E-state index contributed by atoms with van der Waals surface area (Å²) in [6.07, 6.45) is 6.28. The quantitative estimate of drug-likeness (QED) is 0.712. The molecule has 0 spiro atoms. The first-order valence-electron chi connectivity index (χ1n) is 6.99. The van der Waals surface area contributed by atoms with Crippen molar-refractivity contribution >= 4 is 5.78 Å². The third-order valence-corrected chi connectivity index (χ3v) is 4.67. The van der Waals surface area contributed by atoms with E-state index in [0.717, 1.165) is 25.7 Å². The minimum Gasteiger partial charge on any atom is -0.299 e. The maximum Gasteiger partial charge on any atom is 0.143 e. The summed E-state index contributed by atoms with van der Waals surface area (Å²) in [6, 6.07) is 10.4. The van der Waals surface area contributed by atoms with Crippen molar-refractivity contribution in [3.05, 3.63) is 47.0 Å². The molecule has 0 aromatic heterocycles. The van der Waals surface area contributed by atoms with Crippen molar-refractivity contribution in [2.45, 2.75) is 45.4 Å². The molecule has 94 valence electrons. The maximum absolute atomic E-state index is 12.4. The Balaban J connectivity index is 1.96. The van der Waals surface area contributed by atoms with E-state index in [1.807, 2.05) is 6.07 Å². The van der Waals surface area contributed by atoms with Gasteiger partial charge in [0.15, 0.2) is 0 Å². The number of rotatable bonds is 2. The molecule has 1 nitrogen and oxygen atoms in total. The second-order valence-corrected chi connectivity index (χ2v) is 5.85. The lowest BCUT2D eigenvalue weighted by Gasteiger charge is -2.35. The first kappa shape index (κ1) is 11.7. The molecule has 18 heavy (non-hydrogen) atoms. The standard InChI is InChI=1S/C17H20O/c1-17(12-13-6-3-2-4-7-13)15-9-5-8-14(15)10-11-16(17)18/h2-4,6-7H,5,8-12H2,1H3. The molecule has 0 aliphatic heterocycles. The fourth-order valence-corrected chi connectivity index (χ4v) is 3.67. The zero-order chi connectivity index (χ0) is 12.6. The Hall–Kier alpha value is -1.37. The summed E-state index contributed by atoms with van der Waals surface area (Å²) in [4.78, 5) is 12.4. The summed E-state index contributed by atoms with van der Waals surface area (Å²) in [5.74, 6) is 0.451. The van der Waals surface area contributed by atoms with Crippen LogP contribution in [0.25, 0.3) is 0 Å². The van der Waals surface area contributed by atoms with Crippen LogP contribution in [0.1, 0.15) is 44.6 Å². The molecule has 2 aliphatic rings. The first-order valence-corrected chi connectivity index (χ1v) is 6.99. The van der Waals surface area contributed by atoms with Gasteiger partial charge in [0.2, 0.25) is 0 Å². The monoisotopic (exact) mass is 240 g/mol. The van der Waals surface area contributed by atoms with Gasteiger partial charge >= 0.3 is 0 Å². The highest BCUT2D eigenvalue weighted by Crippen LogP contribution is 2.47. The van der Waals surface area contributed by atoms with E-state index in [-0.39, 0.29) is 5.41 Å². The highest BCUT2D eigenvalue weighted by Gasteiger charge is 2.42. The van der Waals surface area contributed by atoms with Gasteiger partial charge in [-0.05, 0) is 44.6 Å². The Morgan fingerprint density at radius 1 is 1.06 bits per heavy atom. The van der Waals surface area contributed by atoms with Crippen molar-refractivity contribution in [3.63, 3.8) is 0 Å². The van der Waals surface area contributed by atoms with Gasteiger partial charge in [-0.1, -0.05) is 41.5 Å². The minimum atomic E-state index is -0.217. The summed E-state index contributed by atoms with van der Waals surface area (Å²) in [5.41, 5.74) is 4.13. The van der Waals surface area contributed by atoms with Crippen LogP contribution in [0.3, 0.4) is 0 Å². The summed E-state index contributed by atoms with van der Waals surface area (Å²) in [6.45, 7) is 2.17. The predicted molar refractivity (Wildman–Crippen MR) is 73.4 cm³/mol. The van der Waals surface area contributed by atoms with E-state index in [4.69, 9.17) is 0 Å². The number of hydrogen-bond acceptors (Lipinski definition) is 1. The number of allylic oxidation sites excluding steroid dienone is 2. The van der Waals surface area contributed by atoms with E-state index in [9.17, 15) is 4.79 Å². The van der Waals surface area contributed by atoms with Crippen LogP contribution < -0.4 is 0 Å². The lowest BCUT2D eigenvalue weighted by Crippen LogP contribution is -2.35. The minimum absolute atomic E-state index is 0.217. The molecular formula is C17H20O. The number of Topliss-reactive ketones (excluding diaryl/α,β-unsaturated/α-hetero) is 1. The van der Waals surface area contributed by atoms with Crippen molar-refractivity contribution in [1.29, 1.82) is 0 Å². The van der Waals surface area contributed by atoms with E-state index in [0.29, 0.717) is 5.78 Å². The van der Waals surface area contributed by atoms with Crippen LogP contribution >= 0.6 is 0 Å². The Labute approximate surface area is 109 Å². The Kier molecular flexibility index (Phi) is 2.85. The van der Waals surface area contributed by atoms with E-state index in [1.54, 1.807) is 5.57 Å². The molecule has 3 rings (SSSR count). The zero-order valence-corrected chi connectivity index (χ0v) is 11.0. The maximum atomic E-state index is 12.4. The summed E-state index contributed by atoms with van der Waals surface area (Å²) in [7, 11) is 0. The van der Waals surface area contributed by atoms with Crippen LogP contribution in [0, 0.1) is 5.41 Å².